The largest absolute Gasteiger partial charge is 0.493 e. The molecule has 1 aromatic heterocycles. The lowest BCUT2D eigenvalue weighted by molar-refractivity contribution is 0.264. The zero-order valence-corrected chi connectivity index (χ0v) is 16.2. The van der Waals surface area contributed by atoms with Crippen LogP contribution in [0, 0.1) is 6.92 Å². The number of aromatic nitrogens is 2. The molecule has 3 aromatic rings. The number of nitrogens with one attached hydrogen (secondary N) is 1. The van der Waals surface area contributed by atoms with Gasteiger partial charge in [-0.1, -0.05) is 31.2 Å². The molecule has 0 radical (unpaired) electrons. The second-order valence-electron chi connectivity index (χ2n) is 6.47. The van der Waals surface area contributed by atoms with E-state index in [-0.39, 0.29) is 5.56 Å². The summed E-state index contributed by atoms with van der Waals surface area (Å²) in [5.41, 5.74) is 2.95. The highest BCUT2D eigenvalue weighted by Crippen LogP contribution is 2.30. The second kappa shape index (κ2) is 8.22. The molecule has 1 N–H and O–H groups in total. The number of benzene rings is 2. The van der Waals surface area contributed by atoms with Gasteiger partial charge in [-0.2, -0.15) is 0 Å². The lowest BCUT2D eigenvalue weighted by Crippen LogP contribution is -2.25. The molecule has 0 atom stereocenters. The Balaban J connectivity index is 1.91. The fraction of sp³-hybridized carbons (Fsp3) is 0.333. The van der Waals surface area contributed by atoms with E-state index in [2.05, 4.69) is 40.8 Å². The number of ether oxygens (including phenoxy) is 2. The average Bonchev–Trinajstić information content (AvgIpc) is 2.68. The van der Waals surface area contributed by atoms with Crippen LogP contribution in [0.15, 0.2) is 41.2 Å². The lowest BCUT2D eigenvalue weighted by atomic mass is 10.1. The minimum absolute atomic E-state index is 0.178. The Kier molecular flexibility index (Phi) is 5.76. The predicted molar refractivity (Wildman–Crippen MR) is 106 cm³/mol. The van der Waals surface area contributed by atoms with Gasteiger partial charge in [0.05, 0.1) is 31.7 Å². The van der Waals surface area contributed by atoms with E-state index in [0.717, 1.165) is 13.1 Å². The Morgan fingerprint density at radius 2 is 1.78 bits per heavy atom. The summed E-state index contributed by atoms with van der Waals surface area (Å²) in [6, 6.07) is 11.7. The van der Waals surface area contributed by atoms with Crippen LogP contribution in [0.4, 0.5) is 0 Å². The fourth-order valence-corrected chi connectivity index (χ4v) is 3.11. The van der Waals surface area contributed by atoms with Gasteiger partial charge in [0.2, 0.25) is 0 Å². The van der Waals surface area contributed by atoms with Crippen molar-refractivity contribution in [2.75, 3.05) is 20.8 Å². The summed E-state index contributed by atoms with van der Waals surface area (Å²) in [7, 11) is 3.11. The van der Waals surface area contributed by atoms with Crippen molar-refractivity contribution in [2.24, 2.45) is 0 Å². The van der Waals surface area contributed by atoms with Gasteiger partial charge in [0, 0.05) is 12.6 Å². The Morgan fingerprint density at radius 1 is 1.07 bits per heavy atom. The minimum atomic E-state index is -0.178. The van der Waals surface area contributed by atoms with Gasteiger partial charge < -0.3 is 14.5 Å². The first-order valence-corrected chi connectivity index (χ1v) is 8.97. The highest BCUT2D eigenvalue weighted by atomic mass is 16.5. The van der Waals surface area contributed by atoms with Gasteiger partial charge in [0.15, 0.2) is 11.5 Å². The van der Waals surface area contributed by atoms with Crippen LogP contribution in [0.5, 0.6) is 11.5 Å². The first-order chi connectivity index (χ1) is 13.0. The molecule has 0 fully saturated rings. The van der Waals surface area contributed by atoms with E-state index < -0.39 is 0 Å². The number of aryl methyl sites for hydroxylation is 1. The van der Waals surface area contributed by atoms with E-state index in [1.807, 2.05) is 12.1 Å². The van der Waals surface area contributed by atoms with Crippen LogP contribution in [-0.2, 0) is 13.1 Å². The van der Waals surface area contributed by atoms with E-state index in [1.54, 1.807) is 26.4 Å². The van der Waals surface area contributed by atoms with Gasteiger partial charge in [0.1, 0.15) is 5.82 Å². The first-order valence-electron chi connectivity index (χ1n) is 8.97. The third-order valence-corrected chi connectivity index (χ3v) is 4.74. The summed E-state index contributed by atoms with van der Waals surface area (Å²) >= 11 is 0. The summed E-state index contributed by atoms with van der Waals surface area (Å²) in [6.07, 6.45) is 0. The molecule has 0 spiro atoms. The van der Waals surface area contributed by atoms with Gasteiger partial charge >= 0.3 is 0 Å². The monoisotopic (exact) mass is 367 g/mol. The van der Waals surface area contributed by atoms with Crippen LogP contribution >= 0.6 is 0 Å². The van der Waals surface area contributed by atoms with E-state index in [9.17, 15) is 4.79 Å². The van der Waals surface area contributed by atoms with Crippen molar-refractivity contribution in [3.05, 3.63) is 63.7 Å². The standard InChI is InChI=1S/C21H25N3O3/c1-5-24(12-15-9-7-6-8-14(15)2)13-20-22-17-11-19(27-4)18(26-3)10-16(17)21(25)23-20/h6-11H,5,12-13H2,1-4H3,(H,22,23,25). The maximum absolute atomic E-state index is 12.5. The van der Waals surface area contributed by atoms with Crippen molar-refractivity contribution in [3.63, 3.8) is 0 Å². The van der Waals surface area contributed by atoms with Crippen LogP contribution in [0.1, 0.15) is 23.9 Å². The van der Waals surface area contributed by atoms with E-state index >= 15 is 0 Å². The maximum atomic E-state index is 12.5. The lowest BCUT2D eigenvalue weighted by Gasteiger charge is -2.21. The highest BCUT2D eigenvalue weighted by Gasteiger charge is 2.13. The summed E-state index contributed by atoms with van der Waals surface area (Å²) < 4.78 is 10.6. The Bertz CT molecular complexity index is 998. The van der Waals surface area contributed by atoms with Crippen molar-refractivity contribution in [3.8, 4) is 11.5 Å². The molecule has 0 bridgehead atoms. The molecule has 1 heterocycles. The van der Waals surface area contributed by atoms with Crippen LogP contribution in [0.2, 0.25) is 0 Å². The van der Waals surface area contributed by atoms with E-state index in [1.165, 1.54) is 11.1 Å². The third kappa shape index (κ3) is 4.11. The van der Waals surface area contributed by atoms with Gasteiger partial charge in [0.25, 0.3) is 5.56 Å². The Morgan fingerprint density at radius 3 is 2.44 bits per heavy atom. The smallest absolute Gasteiger partial charge is 0.258 e. The molecule has 0 aliphatic heterocycles. The average molecular weight is 367 g/mol. The van der Waals surface area contributed by atoms with Crippen molar-refractivity contribution < 1.29 is 9.47 Å². The Labute approximate surface area is 158 Å². The van der Waals surface area contributed by atoms with E-state index in [0.29, 0.717) is 34.8 Å². The van der Waals surface area contributed by atoms with Crippen molar-refractivity contribution in [1.29, 1.82) is 0 Å². The van der Waals surface area contributed by atoms with Crippen molar-refractivity contribution in [2.45, 2.75) is 26.9 Å². The van der Waals surface area contributed by atoms with Gasteiger partial charge in [-0.25, -0.2) is 4.98 Å². The van der Waals surface area contributed by atoms with Gasteiger partial charge in [-0.15, -0.1) is 0 Å². The van der Waals surface area contributed by atoms with Crippen molar-refractivity contribution >= 4 is 10.9 Å². The molecular formula is C21H25N3O3. The molecule has 0 unspecified atom stereocenters. The summed E-state index contributed by atoms with van der Waals surface area (Å²) in [4.78, 5) is 22.3. The van der Waals surface area contributed by atoms with Gasteiger partial charge in [-0.3, -0.25) is 9.69 Å². The van der Waals surface area contributed by atoms with Crippen molar-refractivity contribution in [1.82, 2.24) is 14.9 Å². The van der Waals surface area contributed by atoms with Gasteiger partial charge in [-0.05, 0) is 30.7 Å². The molecule has 0 saturated heterocycles. The second-order valence-corrected chi connectivity index (χ2v) is 6.47. The fourth-order valence-electron chi connectivity index (χ4n) is 3.11. The zero-order valence-electron chi connectivity index (χ0n) is 16.2. The number of H-pyrrole nitrogens is 1. The molecule has 3 rings (SSSR count). The summed E-state index contributed by atoms with van der Waals surface area (Å²) in [5, 5.41) is 0.485. The number of aromatic amines is 1. The van der Waals surface area contributed by atoms with Crippen LogP contribution in [0.25, 0.3) is 10.9 Å². The predicted octanol–water partition coefficient (Wildman–Crippen LogP) is 3.27. The molecule has 6 nitrogen and oxygen atoms in total. The van der Waals surface area contributed by atoms with Crippen LogP contribution < -0.4 is 15.0 Å². The van der Waals surface area contributed by atoms with Crippen LogP contribution in [0.3, 0.4) is 0 Å². The molecule has 0 saturated carbocycles. The summed E-state index contributed by atoms with van der Waals surface area (Å²) in [5.74, 6) is 1.70. The molecule has 0 aliphatic rings. The number of fused-ring (bicyclic) bond motifs is 1. The minimum Gasteiger partial charge on any atom is -0.493 e. The van der Waals surface area contributed by atoms with Crippen LogP contribution in [-0.4, -0.2) is 35.6 Å². The number of methoxy groups -OCH3 is 2. The zero-order chi connectivity index (χ0) is 19.4. The number of hydrogen-bond acceptors (Lipinski definition) is 5. The SMILES string of the molecule is CCN(Cc1nc2cc(OC)c(OC)cc2c(=O)[nH]1)Cc1ccccc1C. The molecule has 0 aliphatic carbocycles. The molecule has 6 heteroatoms. The Hall–Kier alpha value is -2.86. The first kappa shape index (κ1) is 18.9. The topological polar surface area (TPSA) is 67.5 Å². The molecule has 2 aromatic carbocycles. The number of rotatable bonds is 7. The molecular weight excluding hydrogens is 342 g/mol. The number of nitrogens with zero attached hydrogens (tertiary/aromatic N) is 2. The molecule has 142 valence electrons. The highest BCUT2D eigenvalue weighted by molar-refractivity contribution is 5.81. The molecule has 0 amide bonds. The number of hydrogen-bond donors (Lipinski definition) is 1. The molecule has 27 heavy (non-hydrogen) atoms. The summed E-state index contributed by atoms with van der Waals surface area (Å²) in [6.45, 7) is 6.42. The quantitative estimate of drug-likeness (QED) is 0.694. The van der Waals surface area contributed by atoms with E-state index in [4.69, 9.17) is 9.47 Å². The maximum Gasteiger partial charge on any atom is 0.258 e. The normalized spacial score (nSPS) is 11.1. The third-order valence-electron chi connectivity index (χ3n) is 4.74.